The molecule has 0 amide bonds. The highest BCUT2D eigenvalue weighted by atomic mass is 16.8. The van der Waals surface area contributed by atoms with Gasteiger partial charge in [-0.05, 0) is 99.2 Å². The lowest BCUT2D eigenvalue weighted by atomic mass is 9.44. The van der Waals surface area contributed by atoms with Gasteiger partial charge in [0.05, 0.1) is 51.8 Å². The molecule has 10 fully saturated rings. The standard InChI is InChI=1S/C56H92O27/c1-6-26-31(83-55(4)12-9-22(2)19-74-55)14-28-25-8-7-23-13-24(10-11-54(23,3)27(25)15-35(62)56(26,28)5)75-51-43(70)40(67)45(34(18-59)78-51)79-53-48(47(39(66)33(17-58)77-53)81-50-42(69)37(64)30(61)21-73-50)82-52-44(71)46(38(65)32(16-57)76-52)80-49-41(68)36(63)29(60)20-72-49/h22-34,36-53,57-61,63-71H,6-21H2,1-5H3/t22-,23+,24+,25-,26+,27+,28+,29-,30-,31+,32?,33?,34?,36+,37+,38-,39-,40-,41?,42?,43?,44?,45+,46+,47+,48?,49+,50+,51-,52+,53+,54+,55+,56-/m1/s1. The Morgan fingerprint density at radius 2 is 1.08 bits per heavy atom. The van der Waals surface area contributed by atoms with Crippen LogP contribution in [0.4, 0.5) is 0 Å². The Morgan fingerprint density at radius 1 is 0.530 bits per heavy atom. The van der Waals surface area contributed by atoms with Crippen molar-refractivity contribution in [3.63, 3.8) is 0 Å². The van der Waals surface area contributed by atoms with Crippen molar-refractivity contribution >= 4 is 5.78 Å². The van der Waals surface area contributed by atoms with Crippen molar-refractivity contribution in [2.24, 2.45) is 46.3 Å². The van der Waals surface area contributed by atoms with E-state index < -0.39 is 192 Å². The molecule has 10 aliphatic rings. The molecule has 0 aromatic rings. The summed E-state index contributed by atoms with van der Waals surface area (Å²) in [7, 11) is 0. The zero-order valence-electron chi connectivity index (χ0n) is 47.8. The highest BCUT2D eigenvalue weighted by Crippen LogP contribution is 2.67. The van der Waals surface area contributed by atoms with E-state index in [-0.39, 0.29) is 35.2 Å². The van der Waals surface area contributed by atoms with Gasteiger partial charge in [0.2, 0.25) is 0 Å². The van der Waals surface area contributed by atoms with Crippen molar-refractivity contribution in [2.45, 2.75) is 258 Å². The number of fused-ring (bicyclic) bond motifs is 5. The van der Waals surface area contributed by atoms with E-state index in [1.54, 1.807) is 0 Å². The van der Waals surface area contributed by atoms with Crippen molar-refractivity contribution in [1.29, 1.82) is 0 Å². The van der Waals surface area contributed by atoms with Crippen LogP contribution in [0.1, 0.15) is 98.8 Å². The number of carbonyl (C=O) groups is 1. The third kappa shape index (κ3) is 12.1. The van der Waals surface area contributed by atoms with E-state index >= 15 is 0 Å². The molecule has 0 aromatic heterocycles. The Bertz CT molecular complexity index is 2140. The maximum atomic E-state index is 14.7. The summed E-state index contributed by atoms with van der Waals surface area (Å²) in [6.07, 6.45) is -34.7. The smallest absolute Gasteiger partial charge is 0.187 e. The number of hydrogen-bond acceptors (Lipinski definition) is 27. The third-order valence-corrected chi connectivity index (χ3v) is 21.1. The first kappa shape index (κ1) is 64.6. The minimum Gasteiger partial charge on any atom is -0.394 e. The van der Waals surface area contributed by atoms with Gasteiger partial charge < -0.3 is 128 Å². The van der Waals surface area contributed by atoms with Crippen LogP contribution in [0.5, 0.6) is 0 Å². The van der Waals surface area contributed by atoms with Gasteiger partial charge in [-0.1, -0.05) is 27.7 Å². The number of aliphatic hydroxyl groups is 14. The summed E-state index contributed by atoms with van der Waals surface area (Å²) in [6.45, 7) is 7.67. The lowest BCUT2D eigenvalue weighted by Crippen LogP contribution is -2.69. The second-order valence-corrected chi connectivity index (χ2v) is 26.1. The maximum absolute atomic E-state index is 14.7. The van der Waals surface area contributed by atoms with Crippen LogP contribution in [-0.4, -0.2) is 276 Å². The largest absolute Gasteiger partial charge is 0.394 e. The van der Waals surface area contributed by atoms with Gasteiger partial charge in [0.25, 0.3) is 0 Å². The third-order valence-electron chi connectivity index (χ3n) is 21.1. The van der Waals surface area contributed by atoms with E-state index in [1.165, 1.54) is 0 Å². The first-order valence-corrected chi connectivity index (χ1v) is 30.0. The minimum atomic E-state index is -2.12. The zero-order chi connectivity index (χ0) is 59.8. The minimum absolute atomic E-state index is 0.0794. The first-order chi connectivity index (χ1) is 39.4. The second-order valence-electron chi connectivity index (χ2n) is 26.1. The second kappa shape index (κ2) is 25.9. The zero-order valence-corrected chi connectivity index (χ0v) is 47.8. The lowest BCUT2D eigenvalue weighted by molar-refractivity contribution is -0.408. The number of ether oxygens (including phenoxy) is 12. The molecular formula is C56H92O27. The predicted molar refractivity (Wildman–Crippen MR) is 276 cm³/mol. The summed E-state index contributed by atoms with van der Waals surface area (Å²) in [5.41, 5.74) is -0.697. The van der Waals surface area contributed by atoms with Crippen molar-refractivity contribution in [1.82, 2.24) is 0 Å². The molecule has 6 saturated heterocycles. The summed E-state index contributed by atoms with van der Waals surface area (Å²) >= 11 is 0. The van der Waals surface area contributed by atoms with Gasteiger partial charge in [-0.3, -0.25) is 4.79 Å². The Balaban J connectivity index is 0.840. The number of rotatable bonds is 16. The molecule has 10 rings (SSSR count). The van der Waals surface area contributed by atoms with Crippen LogP contribution < -0.4 is 0 Å². The van der Waals surface area contributed by atoms with Gasteiger partial charge in [-0.2, -0.15) is 0 Å². The van der Waals surface area contributed by atoms with Crippen LogP contribution in [-0.2, 0) is 61.6 Å². The summed E-state index contributed by atoms with van der Waals surface area (Å²) in [5, 5.41) is 153. The summed E-state index contributed by atoms with van der Waals surface area (Å²) < 4.78 is 72.8. The highest BCUT2D eigenvalue weighted by molar-refractivity contribution is 5.87. The highest BCUT2D eigenvalue weighted by Gasteiger charge is 2.67. The average molecular weight is 1200 g/mol. The normalized spacial score (nSPS) is 55.1. The monoisotopic (exact) mass is 1200 g/mol. The fourth-order valence-electron chi connectivity index (χ4n) is 16.1. The Kier molecular flexibility index (Phi) is 20.1. The molecule has 27 nitrogen and oxygen atoms in total. The van der Waals surface area contributed by atoms with E-state index in [9.17, 15) is 76.3 Å². The van der Waals surface area contributed by atoms with E-state index in [0.717, 1.165) is 44.9 Å². The number of hydrogen-bond donors (Lipinski definition) is 14. The molecule has 0 radical (unpaired) electrons. The molecule has 478 valence electrons. The van der Waals surface area contributed by atoms with E-state index in [2.05, 4.69) is 27.7 Å². The van der Waals surface area contributed by atoms with Gasteiger partial charge >= 0.3 is 0 Å². The molecule has 27 heteroatoms. The number of aliphatic hydroxyl groups excluding tert-OH is 14. The maximum Gasteiger partial charge on any atom is 0.187 e. The quantitative estimate of drug-likeness (QED) is 0.0658. The molecular weight excluding hydrogens is 1100 g/mol. The number of ketones is 1. The van der Waals surface area contributed by atoms with Crippen LogP contribution in [0.25, 0.3) is 0 Å². The van der Waals surface area contributed by atoms with E-state index in [1.807, 2.05) is 6.92 Å². The van der Waals surface area contributed by atoms with Crippen molar-refractivity contribution in [3.8, 4) is 0 Å². The predicted octanol–water partition coefficient (Wildman–Crippen LogP) is -3.85. The number of carbonyl (C=O) groups excluding carboxylic acids is 1. The van der Waals surface area contributed by atoms with Crippen molar-refractivity contribution < 1.29 is 133 Å². The van der Waals surface area contributed by atoms with Gasteiger partial charge in [0, 0.05) is 18.3 Å². The summed E-state index contributed by atoms with van der Waals surface area (Å²) in [6, 6.07) is 0. The Labute approximate surface area is 481 Å². The molecule has 0 bridgehead atoms. The molecule has 0 aromatic carbocycles. The first-order valence-electron chi connectivity index (χ1n) is 30.0. The fourth-order valence-corrected chi connectivity index (χ4v) is 16.1. The topological polar surface area (TPSA) is 411 Å². The molecule has 0 spiro atoms. The molecule has 6 heterocycles. The molecule has 6 aliphatic heterocycles. The van der Waals surface area contributed by atoms with Crippen molar-refractivity contribution in [3.05, 3.63) is 0 Å². The van der Waals surface area contributed by atoms with Gasteiger partial charge in [-0.25, -0.2) is 0 Å². The lowest BCUT2D eigenvalue weighted by Gasteiger charge is -2.60. The summed E-state index contributed by atoms with van der Waals surface area (Å²) in [5.74, 6) is 0.955. The SMILES string of the molecule is CC[C@H]1[C@@H](O[C@@]2(C)CC[C@@H](C)CO2)C[C@H]2[C@@H]3CC[C@H]4C[C@@H](O[C@@H]5OC(CO)[C@H](O[C@@H]6OC(CO)[C@@H](O)[C@H](O[C@@H]7OC[C@@H](O)[C@H](O)C7O)C6O[C@@H]6OC(CO)[C@@H](O)[C@H](O[C@@H]7OC[C@@H](O)[C@H](O)C7O)C6O)[C@H](O)C5O)CC[C@]4(C)[C@H]3CC(=O)[C@@]21C. The van der Waals surface area contributed by atoms with Gasteiger partial charge in [-0.15, -0.1) is 0 Å². The van der Waals surface area contributed by atoms with Gasteiger partial charge in [0.1, 0.15) is 116 Å². The Hall–Kier alpha value is -1.37. The average Bonchev–Trinajstić information content (AvgIpc) is 1.75. The van der Waals surface area contributed by atoms with Crippen LogP contribution in [0.2, 0.25) is 0 Å². The van der Waals surface area contributed by atoms with Crippen molar-refractivity contribution in [2.75, 3.05) is 39.6 Å². The molecule has 4 saturated carbocycles. The molecule has 14 N–H and O–H groups in total. The Morgan fingerprint density at radius 3 is 1.69 bits per heavy atom. The van der Waals surface area contributed by atoms with Crippen LogP contribution >= 0.6 is 0 Å². The van der Waals surface area contributed by atoms with Crippen LogP contribution in [0, 0.1) is 46.3 Å². The number of Topliss-reactive ketones (excluding diaryl/α,β-unsaturated/α-hetero) is 1. The molecule has 8 unspecified atom stereocenters. The molecule has 34 atom stereocenters. The summed E-state index contributed by atoms with van der Waals surface area (Å²) in [4.78, 5) is 14.7. The van der Waals surface area contributed by atoms with E-state index in [0.29, 0.717) is 43.5 Å². The van der Waals surface area contributed by atoms with Crippen LogP contribution in [0.3, 0.4) is 0 Å². The van der Waals surface area contributed by atoms with E-state index in [4.69, 9.17) is 56.8 Å². The molecule has 4 aliphatic carbocycles. The molecule has 83 heavy (non-hydrogen) atoms. The fraction of sp³-hybridized carbons (Fsp3) is 0.982. The van der Waals surface area contributed by atoms with Crippen LogP contribution in [0.15, 0.2) is 0 Å². The van der Waals surface area contributed by atoms with Gasteiger partial charge in [0.15, 0.2) is 37.2 Å².